The Balaban J connectivity index is 1.33. The molecule has 1 amide bonds. The van der Waals surface area contributed by atoms with Gasteiger partial charge in [0, 0.05) is 25.0 Å². The third-order valence-electron chi connectivity index (χ3n) is 5.97. The first-order chi connectivity index (χ1) is 14.1. The number of amides is 1. The largest absolute Gasteiger partial charge is 0.379 e. The van der Waals surface area contributed by atoms with E-state index in [1.54, 1.807) is 12.4 Å². The van der Waals surface area contributed by atoms with E-state index in [1.807, 2.05) is 10.9 Å². The van der Waals surface area contributed by atoms with Crippen LogP contribution in [0.25, 0.3) is 0 Å². The van der Waals surface area contributed by atoms with Gasteiger partial charge >= 0.3 is 0 Å². The summed E-state index contributed by atoms with van der Waals surface area (Å²) in [5, 5.41) is 11.0. The van der Waals surface area contributed by atoms with Crippen LogP contribution in [0.3, 0.4) is 0 Å². The molecule has 5 rings (SSSR count). The van der Waals surface area contributed by atoms with Crippen molar-refractivity contribution in [2.24, 2.45) is 23.5 Å². The number of nitrogens with two attached hydrogens (primary N) is 1. The number of aromatic nitrogens is 4. The predicted molar refractivity (Wildman–Crippen MR) is 111 cm³/mol. The number of carbonyl (C=O) groups excluding carboxylic acids is 1. The number of fused-ring (bicyclic) bond motifs is 2. The van der Waals surface area contributed by atoms with Gasteiger partial charge in [0.25, 0.3) is 0 Å². The molecule has 2 aromatic rings. The minimum Gasteiger partial charge on any atom is -0.379 e. The van der Waals surface area contributed by atoms with Crippen LogP contribution in [0.4, 0.5) is 17.5 Å². The van der Waals surface area contributed by atoms with E-state index < -0.39 is 0 Å². The third kappa shape index (κ3) is 3.51. The number of ether oxygens (including phenoxy) is 1. The Labute approximate surface area is 176 Å². The van der Waals surface area contributed by atoms with E-state index in [1.165, 1.54) is 0 Å². The van der Waals surface area contributed by atoms with Crippen LogP contribution >= 0.6 is 15.9 Å². The van der Waals surface area contributed by atoms with Crippen LogP contribution < -0.4 is 16.4 Å². The van der Waals surface area contributed by atoms with Crippen molar-refractivity contribution in [2.45, 2.75) is 24.9 Å². The summed E-state index contributed by atoms with van der Waals surface area (Å²) in [5.41, 5.74) is 6.47. The number of carbonyl (C=O) groups is 1. The summed E-state index contributed by atoms with van der Waals surface area (Å²) in [6.07, 6.45) is 11.5. The number of halogens is 1. The molecular formula is C19H22BrN7O2. The monoisotopic (exact) mass is 459 g/mol. The van der Waals surface area contributed by atoms with Crippen LogP contribution in [-0.2, 0) is 9.53 Å². The summed E-state index contributed by atoms with van der Waals surface area (Å²) in [7, 11) is 0. The van der Waals surface area contributed by atoms with Gasteiger partial charge in [0.1, 0.15) is 5.82 Å². The minimum absolute atomic E-state index is 0.0633. The lowest BCUT2D eigenvalue weighted by molar-refractivity contribution is -0.122. The highest BCUT2D eigenvalue weighted by molar-refractivity contribution is 9.10. The molecule has 2 aliphatic carbocycles. The summed E-state index contributed by atoms with van der Waals surface area (Å²) in [6, 6.07) is 0.205. The van der Waals surface area contributed by atoms with E-state index >= 15 is 0 Å². The number of nitrogens with zero attached hydrogens (tertiary/aromatic N) is 4. The molecule has 1 saturated carbocycles. The summed E-state index contributed by atoms with van der Waals surface area (Å²) in [6.45, 7) is 1.45. The van der Waals surface area contributed by atoms with Gasteiger partial charge in [-0.3, -0.25) is 9.48 Å². The van der Waals surface area contributed by atoms with Gasteiger partial charge in [-0.2, -0.15) is 10.1 Å². The molecule has 4 N–H and O–H groups in total. The quantitative estimate of drug-likeness (QED) is 0.566. The molecule has 2 bridgehead atoms. The van der Waals surface area contributed by atoms with Crippen LogP contribution in [0.1, 0.15) is 18.9 Å². The van der Waals surface area contributed by atoms with Crippen LogP contribution in [-0.4, -0.2) is 44.9 Å². The van der Waals surface area contributed by atoms with Crippen molar-refractivity contribution in [1.82, 2.24) is 19.7 Å². The van der Waals surface area contributed by atoms with Gasteiger partial charge in [0.2, 0.25) is 11.9 Å². The van der Waals surface area contributed by atoms with Crippen molar-refractivity contribution < 1.29 is 9.53 Å². The standard InChI is InChI=1S/C19H22BrN7O2/c20-14-7-22-19(24-12-6-23-27(8-12)13-3-4-29-9-13)26-18(14)25-16-11-2-1-10(5-11)15(16)17(21)28/h1-2,6-8,10-11,13,15-16H,3-5,9H2,(H2,21,28)(H2,22,24,25,26)/t10-,11+,13-,15+,16-/m1/s1. The van der Waals surface area contributed by atoms with Gasteiger partial charge in [-0.1, -0.05) is 12.2 Å². The van der Waals surface area contributed by atoms with E-state index in [0.29, 0.717) is 18.4 Å². The number of primary amides is 1. The van der Waals surface area contributed by atoms with Gasteiger partial charge in [0.15, 0.2) is 0 Å². The molecule has 2 fully saturated rings. The van der Waals surface area contributed by atoms with Gasteiger partial charge in [-0.05, 0) is 40.6 Å². The third-order valence-corrected chi connectivity index (χ3v) is 6.55. The molecule has 29 heavy (non-hydrogen) atoms. The van der Waals surface area contributed by atoms with Gasteiger partial charge in [-0.15, -0.1) is 0 Å². The fourth-order valence-corrected chi connectivity index (χ4v) is 4.86. The number of hydrogen-bond acceptors (Lipinski definition) is 7. The Morgan fingerprint density at radius 2 is 2.17 bits per heavy atom. The highest BCUT2D eigenvalue weighted by atomic mass is 79.9. The topological polar surface area (TPSA) is 120 Å². The maximum Gasteiger partial charge on any atom is 0.229 e. The summed E-state index contributed by atoms with van der Waals surface area (Å²) in [4.78, 5) is 20.9. The highest BCUT2D eigenvalue weighted by Gasteiger charge is 2.47. The van der Waals surface area contributed by atoms with Crippen LogP contribution in [0.5, 0.6) is 0 Å². The fourth-order valence-electron chi connectivity index (χ4n) is 4.56. The zero-order valence-electron chi connectivity index (χ0n) is 15.7. The molecule has 9 nitrogen and oxygen atoms in total. The lowest BCUT2D eigenvalue weighted by Crippen LogP contribution is -2.41. The molecule has 5 atom stereocenters. The molecule has 0 radical (unpaired) electrons. The zero-order valence-corrected chi connectivity index (χ0v) is 17.2. The van der Waals surface area contributed by atoms with Gasteiger partial charge in [-0.25, -0.2) is 4.98 Å². The van der Waals surface area contributed by atoms with Crippen LogP contribution in [0, 0.1) is 17.8 Å². The Morgan fingerprint density at radius 1 is 1.31 bits per heavy atom. The minimum atomic E-state index is -0.272. The Morgan fingerprint density at radius 3 is 2.97 bits per heavy atom. The maximum atomic E-state index is 12.0. The van der Waals surface area contributed by atoms with E-state index in [0.717, 1.165) is 29.6 Å². The zero-order chi connectivity index (χ0) is 20.0. The van der Waals surface area contributed by atoms with Gasteiger partial charge in [0.05, 0.1) is 34.9 Å². The molecule has 3 heterocycles. The summed E-state index contributed by atoms with van der Waals surface area (Å²) < 4.78 is 8.06. The Hall–Kier alpha value is -2.46. The number of anilines is 3. The van der Waals surface area contributed by atoms with E-state index in [4.69, 9.17) is 10.5 Å². The number of rotatable bonds is 6. The average molecular weight is 460 g/mol. The molecule has 10 heteroatoms. The van der Waals surface area contributed by atoms with E-state index in [2.05, 4.69) is 53.8 Å². The first-order valence-electron chi connectivity index (χ1n) is 9.74. The van der Waals surface area contributed by atoms with Gasteiger partial charge < -0.3 is 21.1 Å². The molecule has 0 unspecified atom stereocenters. The predicted octanol–water partition coefficient (Wildman–Crippen LogP) is 2.23. The Bertz CT molecular complexity index is 956. The smallest absolute Gasteiger partial charge is 0.229 e. The summed E-state index contributed by atoms with van der Waals surface area (Å²) in [5.74, 6) is 1.08. The molecule has 0 spiro atoms. The van der Waals surface area contributed by atoms with Crippen molar-refractivity contribution >= 4 is 39.3 Å². The van der Waals surface area contributed by atoms with E-state index in [-0.39, 0.29) is 35.7 Å². The lowest BCUT2D eigenvalue weighted by atomic mass is 9.88. The SMILES string of the molecule is NC(=O)[C@@H]1[C@H](Nc2nc(Nc3cnn([C@@H]4CCOC4)c3)ncc2Br)[C@H]2C=C[C@@H]1C2. The first-order valence-corrected chi connectivity index (χ1v) is 10.5. The second-order valence-corrected chi connectivity index (χ2v) is 8.64. The van der Waals surface area contributed by atoms with Crippen molar-refractivity contribution in [1.29, 1.82) is 0 Å². The van der Waals surface area contributed by atoms with Crippen LogP contribution in [0.15, 0.2) is 35.2 Å². The maximum absolute atomic E-state index is 12.0. The van der Waals surface area contributed by atoms with Crippen molar-refractivity contribution in [2.75, 3.05) is 23.8 Å². The molecule has 1 saturated heterocycles. The lowest BCUT2D eigenvalue weighted by Gasteiger charge is -2.27. The molecule has 1 aliphatic heterocycles. The van der Waals surface area contributed by atoms with Crippen LogP contribution in [0.2, 0.25) is 0 Å². The Kier molecular flexibility index (Phi) is 4.75. The van der Waals surface area contributed by atoms with Crippen molar-refractivity contribution in [3.05, 3.63) is 35.2 Å². The van der Waals surface area contributed by atoms with E-state index in [9.17, 15) is 4.79 Å². The first kappa shape index (κ1) is 18.6. The molecular weight excluding hydrogens is 438 g/mol. The molecule has 152 valence electrons. The van der Waals surface area contributed by atoms with Crippen molar-refractivity contribution in [3.63, 3.8) is 0 Å². The normalized spacial score (nSPS) is 30.0. The second-order valence-electron chi connectivity index (χ2n) is 7.79. The second kappa shape index (κ2) is 7.42. The summed E-state index contributed by atoms with van der Waals surface area (Å²) >= 11 is 3.50. The highest BCUT2D eigenvalue weighted by Crippen LogP contribution is 2.45. The number of nitrogens with one attached hydrogen (secondary N) is 2. The molecule has 0 aromatic carbocycles. The number of allylic oxidation sites excluding steroid dienone is 1. The average Bonchev–Trinajstić information content (AvgIpc) is 3.48. The molecule has 3 aliphatic rings. The fraction of sp³-hybridized carbons (Fsp3) is 0.474. The van der Waals surface area contributed by atoms with Crippen molar-refractivity contribution in [3.8, 4) is 0 Å². The number of hydrogen-bond donors (Lipinski definition) is 3. The molecule has 2 aromatic heterocycles.